The van der Waals surface area contributed by atoms with Crippen LogP contribution >= 0.6 is 22.7 Å². The van der Waals surface area contributed by atoms with E-state index in [2.05, 4.69) is 0 Å². The van der Waals surface area contributed by atoms with Gasteiger partial charge in [0.25, 0.3) is 5.56 Å². The number of nitriles is 2. The number of thiophene rings is 1. The van der Waals surface area contributed by atoms with Crippen molar-refractivity contribution in [2.24, 2.45) is 0 Å². The number of hydrogen-bond donors (Lipinski definition) is 0. The summed E-state index contributed by atoms with van der Waals surface area (Å²) in [6, 6.07) is 14.6. The molecule has 2 heterocycles. The van der Waals surface area contributed by atoms with Gasteiger partial charge in [-0.3, -0.25) is 9.36 Å². The van der Waals surface area contributed by atoms with Crippen molar-refractivity contribution in [1.29, 1.82) is 10.5 Å². The Kier molecular flexibility index (Phi) is 5.33. The van der Waals surface area contributed by atoms with E-state index >= 15 is 0 Å². The Morgan fingerprint density at radius 2 is 1.96 bits per heavy atom. The molecule has 0 aliphatic rings. The van der Waals surface area contributed by atoms with Gasteiger partial charge in [0.15, 0.2) is 5.57 Å². The molecule has 0 bridgehead atoms. The SMILES string of the molecule is CCOc1ccc(-n2c(=C(C#N)C#N)s/c(=C/c3cccs3)c2=O)cc1. The van der Waals surface area contributed by atoms with Crippen molar-refractivity contribution in [2.75, 3.05) is 6.61 Å². The molecule has 0 aliphatic heterocycles. The van der Waals surface area contributed by atoms with E-state index in [0.717, 1.165) is 16.2 Å². The van der Waals surface area contributed by atoms with Gasteiger partial charge in [-0.25, -0.2) is 0 Å². The number of thiazole rings is 1. The van der Waals surface area contributed by atoms with Crippen LogP contribution in [0, 0.1) is 22.7 Å². The normalized spacial score (nSPS) is 11.0. The second-order valence-electron chi connectivity index (χ2n) is 5.10. The monoisotopic (exact) mass is 379 g/mol. The van der Waals surface area contributed by atoms with Crippen LogP contribution in [0.25, 0.3) is 17.3 Å². The minimum Gasteiger partial charge on any atom is -0.494 e. The summed E-state index contributed by atoms with van der Waals surface area (Å²) in [4.78, 5) is 13.9. The second kappa shape index (κ2) is 7.83. The van der Waals surface area contributed by atoms with Crippen LogP contribution < -0.4 is 19.5 Å². The third-order valence-electron chi connectivity index (χ3n) is 3.48. The van der Waals surface area contributed by atoms with Gasteiger partial charge >= 0.3 is 0 Å². The number of hydrogen-bond acceptors (Lipinski definition) is 6. The summed E-state index contributed by atoms with van der Waals surface area (Å²) in [5, 5.41) is 20.5. The first-order valence-corrected chi connectivity index (χ1v) is 9.42. The molecule has 0 saturated carbocycles. The van der Waals surface area contributed by atoms with Crippen molar-refractivity contribution >= 4 is 34.3 Å². The van der Waals surface area contributed by atoms with Crippen LogP contribution in [-0.2, 0) is 0 Å². The van der Waals surface area contributed by atoms with Crippen molar-refractivity contribution in [3.05, 3.63) is 66.2 Å². The van der Waals surface area contributed by atoms with Crippen LogP contribution in [0.15, 0.2) is 46.6 Å². The predicted octanol–water partition coefficient (Wildman–Crippen LogP) is 2.39. The van der Waals surface area contributed by atoms with Crippen molar-refractivity contribution in [1.82, 2.24) is 4.57 Å². The summed E-state index contributed by atoms with van der Waals surface area (Å²) in [5.74, 6) is 0.691. The van der Waals surface area contributed by atoms with E-state index in [0.29, 0.717) is 27.2 Å². The number of aromatic nitrogens is 1. The Morgan fingerprint density at radius 1 is 1.23 bits per heavy atom. The number of ether oxygens (including phenoxy) is 1. The third-order valence-corrected chi connectivity index (χ3v) is 5.40. The molecule has 2 aromatic heterocycles. The Hall–Kier alpha value is -3.13. The van der Waals surface area contributed by atoms with Crippen LogP contribution in [0.1, 0.15) is 11.8 Å². The van der Waals surface area contributed by atoms with Gasteiger partial charge in [-0.05, 0) is 48.7 Å². The molecule has 128 valence electrons. The van der Waals surface area contributed by atoms with Crippen molar-refractivity contribution in [3.8, 4) is 23.6 Å². The summed E-state index contributed by atoms with van der Waals surface area (Å²) in [6.07, 6.45) is 1.78. The maximum atomic E-state index is 12.9. The largest absolute Gasteiger partial charge is 0.494 e. The Balaban J connectivity index is 2.29. The van der Waals surface area contributed by atoms with Gasteiger partial charge in [0.2, 0.25) is 0 Å². The molecule has 7 heteroatoms. The predicted molar refractivity (Wildman–Crippen MR) is 103 cm³/mol. The molecule has 26 heavy (non-hydrogen) atoms. The van der Waals surface area contributed by atoms with E-state index in [4.69, 9.17) is 4.74 Å². The minimum atomic E-state index is -0.259. The first-order chi connectivity index (χ1) is 12.7. The van der Waals surface area contributed by atoms with Crippen LogP contribution in [0.3, 0.4) is 0 Å². The minimum absolute atomic E-state index is 0.0909. The lowest BCUT2D eigenvalue weighted by Crippen LogP contribution is -2.30. The fourth-order valence-electron chi connectivity index (χ4n) is 2.37. The highest BCUT2D eigenvalue weighted by Gasteiger charge is 2.11. The van der Waals surface area contributed by atoms with Crippen molar-refractivity contribution < 1.29 is 4.74 Å². The zero-order chi connectivity index (χ0) is 18.5. The van der Waals surface area contributed by atoms with E-state index < -0.39 is 0 Å². The standard InChI is InChI=1S/C19H13N3O2S2/c1-2-24-15-7-5-14(6-8-15)22-18(23)17(10-16-4-3-9-25-16)26-19(22)13(11-20)12-21/h3-10H,2H2,1H3/b17-10+. The summed E-state index contributed by atoms with van der Waals surface area (Å²) >= 11 is 2.65. The highest BCUT2D eigenvalue weighted by Crippen LogP contribution is 2.14. The summed E-state index contributed by atoms with van der Waals surface area (Å²) in [7, 11) is 0. The molecule has 1 aromatic carbocycles. The van der Waals surface area contributed by atoms with Crippen LogP contribution in [-0.4, -0.2) is 11.2 Å². The highest BCUT2D eigenvalue weighted by molar-refractivity contribution is 7.11. The molecule has 0 aliphatic carbocycles. The van der Waals surface area contributed by atoms with Crippen LogP contribution in [0.5, 0.6) is 5.75 Å². The molecule has 0 atom stereocenters. The van der Waals surface area contributed by atoms with Gasteiger partial charge in [-0.15, -0.1) is 22.7 Å². The number of nitrogens with zero attached hydrogens (tertiary/aromatic N) is 3. The molecule has 3 rings (SSSR count). The van der Waals surface area contributed by atoms with Gasteiger partial charge < -0.3 is 4.74 Å². The molecule has 0 N–H and O–H groups in total. The zero-order valence-electron chi connectivity index (χ0n) is 13.8. The lowest BCUT2D eigenvalue weighted by Gasteiger charge is -2.05. The van der Waals surface area contributed by atoms with Gasteiger partial charge in [-0.2, -0.15) is 10.5 Å². The van der Waals surface area contributed by atoms with E-state index in [1.54, 1.807) is 30.3 Å². The molecule has 0 saturated heterocycles. The topological polar surface area (TPSA) is 78.8 Å². The molecule has 0 radical (unpaired) electrons. The molecular weight excluding hydrogens is 366 g/mol. The van der Waals surface area contributed by atoms with Gasteiger partial charge in [0.1, 0.15) is 22.6 Å². The molecule has 0 fully saturated rings. The summed E-state index contributed by atoms with van der Waals surface area (Å²) in [6.45, 7) is 2.44. The molecule has 0 amide bonds. The van der Waals surface area contributed by atoms with Crippen molar-refractivity contribution in [3.63, 3.8) is 0 Å². The number of rotatable bonds is 4. The third kappa shape index (κ3) is 3.45. The Labute approximate surface area is 157 Å². The Morgan fingerprint density at radius 3 is 2.54 bits per heavy atom. The first kappa shape index (κ1) is 17.7. The van der Waals surface area contributed by atoms with Crippen LogP contribution in [0.4, 0.5) is 0 Å². The fourth-order valence-corrected chi connectivity index (χ4v) is 4.14. The van der Waals surface area contributed by atoms with E-state index in [1.807, 2.05) is 36.6 Å². The average Bonchev–Trinajstić information content (AvgIpc) is 3.27. The highest BCUT2D eigenvalue weighted by atomic mass is 32.1. The smallest absolute Gasteiger partial charge is 0.273 e. The molecule has 5 nitrogen and oxygen atoms in total. The maximum absolute atomic E-state index is 12.9. The maximum Gasteiger partial charge on any atom is 0.273 e. The van der Waals surface area contributed by atoms with Gasteiger partial charge in [0.05, 0.1) is 16.8 Å². The fraction of sp³-hybridized carbons (Fsp3) is 0.105. The van der Waals surface area contributed by atoms with E-state index in [1.165, 1.54) is 15.9 Å². The van der Waals surface area contributed by atoms with Gasteiger partial charge in [-0.1, -0.05) is 6.07 Å². The van der Waals surface area contributed by atoms with Gasteiger partial charge in [0, 0.05) is 4.88 Å². The lowest BCUT2D eigenvalue weighted by atomic mass is 10.3. The zero-order valence-corrected chi connectivity index (χ0v) is 15.4. The van der Waals surface area contributed by atoms with E-state index in [-0.39, 0.29) is 11.1 Å². The second-order valence-corrected chi connectivity index (χ2v) is 7.11. The quantitative estimate of drug-likeness (QED) is 0.697. The number of benzene rings is 1. The molecule has 3 aromatic rings. The van der Waals surface area contributed by atoms with Crippen molar-refractivity contribution in [2.45, 2.75) is 6.92 Å². The summed E-state index contributed by atoms with van der Waals surface area (Å²) in [5.41, 5.74) is 0.232. The average molecular weight is 379 g/mol. The molecule has 0 spiro atoms. The van der Waals surface area contributed by atoms with Crippen LogP contribution in [0.2, 0.25) is 0 Å². The van der Waals surface area contributed by atoms with E-state index in [9.17, 15) is 15.3 Å². The molecular formula is C19H13N3O2S2. The lowest BCUT2D eigenvalue weighted by molar-refractivity contribution is 0.340. The summed E-state index contributed by atoms with van der Waals surface area (Å²) < 4.78 is 7.62. The first-order valence-electron chi connectivity index (χ1n) is 7.72. The molecule has 0 unspecified atom stereocenters. The Bertz CT molecular complexity index is 1160.